The Hall–Kier alpha value is -0.580. The molecule has 3 nitrogen and oxygen atoms in total. The third-order valence-electron chi connectivity index (χ3n) is 3.96. The van der Waals surface area contributed by atoms with E-state index in [2.05, 4.69) is 28.2 Å². The summed E-state index contributed by atoms with van der Waals surface area (Å²) in [5.74, 6) is 0.479. The summed E-state index contributed by atoms with van der Waals surface area (Å²) < 4.78 is 0.692. The van der Waals surface area contributed by atoms with Crippen molar-refractivity contribution >= 4 is 33.4 Å². The number of nitrogens with one attached hydrogen (secondary N) is 1. The maximum atomic E-state index is 12.1. The van der Waals surface area contributed by atoms with Gasteiger partial charge in [0.1, 0.15) is 0 Å². The van der Waals surface area contributed by atoms with Crippen molar-refractivity contribution in [2.24, 2.45) is 5.92 Å². The molecular weight excluding hydrogens is 342 g/mol. The van der Waals surface area contributed by atoms with Gasteiger partial charge >= 0.3 is 0 Å². The molecule has 1 saturated carbocycles. The van der Waals surface area contributed by atoms with Gasteiger partial charge in [-0.15, -0.1) is 0 Å². The van der Waals surface area contributed by atoms with Gasteiger partial charge in [0.15, 0.2) is 0 Å². The third-order valence-corrected chi connectivity index (χ3v) is 5.18. The molecule has 20 heavy (non-hydrogen) atoms. The lowest BCUT2D eigenvalue weighted by molar-refractivity contribution is -0.00539. The van der Waals surface area contributed by atoms with Crippen LogP contribution in [0.25, 0.3) is 0 Å². The number of halogens is 2. The van der Waals surface area contributed by atoms with Gasteiger partial charge < -0.3 is 10.4 Å². The SMILES string of the molecule is CC1CCC(O)(CNC(=O)c2ccc(Cl)c(Br)c2)CC1. The van der Waals surface area contributed by atoms with E-state index in [4.69, 9.17) is 11.6 Å². The Morgan fingerprint density at radius 2 is 2.15 bits per heavy atom. The highest BCUT2D eigenvalue weighted by Crippen LogP contribution is 2.31. The Bertz CT molecular complexity index is 499. The van der Waals surface area contributed by atoms with Crippen molar-refractivity contribution in [1.29, 1.82) is 0 Å². The van der Waals surface area contributed by atoms with Crippen LogP contribution >= 0.6 is 27.5 Å². The average Bonchev–Trinajstić information content (AvgIpc) is 2.43. The first-order valence-corrected chi connectivity index (χ1v) is 8.02. The van der Waals surface area contributed by atoms with Gasteiger partial charge in [-0.3, -0.25) is 4.79 Å². The highest BCUT2D eigenvalue weighted by molar-refractivity contribution is 9.10. The minimum absolute atomic E-state index is 0.186. The second-order valence-electron chi connectivity index (χ2n) is 5.72. The molecule has 2 rings (SSSR count). The number of amides is 1. The van der Waals surface area contributed by atoms with Gasteiger partial charge in [0.2, 0.25) is 0 Å². The van der Waals surface area contributed by atoms with E-state index in [1.165, 1.54) is 0 Å². The summed E-state index contributed by atoms with van der Waals surface area (Å²) in [4.78, 5) is 12.1. The first kappa shape index (κ1) is 15.8. The van der Waals surface area contributed by atoms with Crippen molar-refractivity contribution < 1.29 is 9.90 Å². The van der Waals surface area contributed by atoms with Crippen LogP contribution in [0.15, 0.2) is 22.7 Å². The number of carbonyl (C=O) groups excluding carboxylic acids is 1. The topological polar surface area (TPSA) is 49.3 Å². The zero-order valence-corrected chi connectivity index (χ0v) is 13.8. The molecule has 0 saturated heterocycles. The minimum Gasteiger partial charge on any atom is -0.388 e. The van der Waals surface area contributed by atoms with Crippen LogP contribution in [0, 0.1) is 5.92 Å². The standard InChI is InChI=1S/C15H19BrClNO2/c1-10-4-6-15(20,7-5-10)9-18-14(19)11-2-3-13(17)12(16)8-11/h2-3,8,10,20H,4-7,9H2,1H3,(H,18,19). The summed E-state index contributed by atoms with van der Waals surface area (Å²) >= 11 is 9.20. The fourth-order valence-electron chi connectivity index (χ4n) is 2.46. The van der Waals surface area contributed by atoms with Crippen molar-refractivity contribution in [3.05, 3.63) is 33.3 Å². The Morgan fingerprint density at radius 3 is 2.75 bits per heavy atom. The zero-order valence-electron chi connectivity index (χ0n) is 11.5. The maximum Gasteiger partial charge on any atom is 0.251 e. The van der Waals surface area contributed by atoms with E-state index in [0.29, 0.717) is 27.5 Å². The van der Waals surface area contributed by atoms with Crippen LogP contribution in [-0.2, 0) is 0 Å². The van der Waals surface area contributed by atoms with Gasteiger partial charge in [-0.2, -0.15) is 0 Å². The molecule has 0 bridgehead atoms. The van der Waals surface area contributed by atoms with Gasteiger partial charge in [0.05, 0.1) is 10.6 Å². The molecule has 2 N–H and O–H groups in total. The van der Waals surface area contributed by atoms with E-state index in [-0.39, 0.29) is 5.91 Å². The van der Waals surface area contributed by atoms with Crippen molar-refractivity contribution in [2.45, 2.75) is 38.2 Å². The van der Waals surface area contributed by atoms with Gasteiger partial charge in [0.25, 0.3) is 5.91 Å². The van der Waals surface area contributed by atoms with Gasteiger partial charge in [-0.25, -0.2) is 0 Å². The van der Waals surface area contributed by atoms with Gasteiger partial charge in [-0.1, -0.05) is 18.5 Å². The van der Waals surface area contributed by atoms with E-state index in [1.807, 2.05) is 0 Å². The lowest BCUT2D eigenvalue weighted by atomic mass is 9.79. The number of hydrogen-bond acceptors (Lipinski definition) is 2. The van der Waals surface area contributed by atoms with Crippen LogP contribution in [0.4, 0.5) is 0 Å². The molecule has 0 radical (unpaired) electrons. The van der Waals surface area contributed by atoms with Crippen LogP contribution in [0.1, 0.15) is 43.0 Å². The molecule has 1 fully saturated rings. The van der Waals surface area contributed by atoms with E-state index in [1.54, 1.807) is 18.2 Å². The van der Waals surface area contributed by atoms with Crippen molar-refractivity contribution in [1.82, 2.24) is 5.32 Å². The summed E-state index contributed by atoms with van der Waals surface area (Å²) in [6.07, 6.45) is 3.52. The molecule has 1 aromatic rings. The zero-order chi connectivity index (χ0) is 14.8. The van der Waals surface area contributed by atoms with Crippen LogP contribution in [0.2, 0.25) is 5.02 Å². The number of rotatable bonds is 3. The lowest BCUT2D eigenvalue weighted by Crippen LogP contribution is -2.45. The highest BCUT2D eigenvalue weighted by atomic mass is 79.9. The molecule has 1 amide bonds. The van der Waals surface area contributed by atoms with Crippen LogP contribution in [-0.4, -0.2) is 23.2 Å². The first-order valence-electron chi connectivity index (χ1n) is 6.85. The maximum absolute atomic E-state index is 12.1. The summed E-state index contributed by atoms with van der Waals surface area (Å²) in [5, 5.41) is 13.8. The molecule has 1 aromatic carbocycles. The number of hydrogen-bond donors (Lipinski definition) is 2. The minimum atomic E-state index is -0.758. The normalized spacial score (nSPS) is 26.3. The van der Waals surface area contributed by atoms with Crippen LogP contribution in [0.3, 0.4) is 0 Å². The number of benzene rings is 1. The smallest absolute Gasteiger partial charge is 0.251 e. The fourth-order valence-corrected chi connectivity index (χ4v) is 2.96. The van der Waals surface area contributed by atoms with Crippen molar-refractivity contribution in [2.75, 3.05) is 6.54 Å². The molecular formula is C15H19BrClNO2. The first-order chi connectivity index (χ1) is 9.39. The fraction of sp³-hybridized carbons (Fsp3) is 0.533. The third kappa shape index (κ3) is 3.96. The quantitative estimate of drug-likeness (QED) is 0.862. The van der Waals surface area contributed by atoms with Gasteiger partial charge in [0, 0.05) is 16.6 Å². The summed E-state index contributed by atoms with van der Waals surface area (Å²) in [7, 11) is 0. The predicted molar refractivity (Wildman–Crippen MR) is 84.1 cm³/mol. The largest absolute Gasteiger partial charge is 0.388 e. The summed E-state index contributed by atoms with van der Waals surface area (Å²) in [5.41, 5.74) is -0.222. The Labute approximate surface area is 132 Å². The average molecular weight is 361 g/mol. The number of carbonyl (C=O) groups is 1. The molecule has 0 aromatic heterocycles. The monoisotopic (exact) mass is 359 g/mol. The predicted octanol–water partition coefficient (Wildman–Crippen LogP) is 3.77. The van der Waals surface area contributed by atoms with Crippen LogP contribution < -0.4 is 5.32 Å². The summed E-state index contributed by atoms with van der Waals surface area (Å²) in [6, 6.07) is 5.04. The molecule has 0 unspecified atom stereocenters. The number of aliphatic hydroxyl groups is 1. The second-order valence-corrected chi connectivity index (χ2v) is 6.98. The molecule has 1 aliphatic rings. The van der Waals surface area contributed by atoms with E-state index >= 15 is 0 Å². The van der Waals surface area contributed by atoms with E-state index in [0.717, 1.165) is 25.7 Å². The van der Waals surface area contributed by atoms with Crippen molar-refractivity contribution in [3.63, 3.8) is 0 Å². The Balaban J connectivity index is 1.93. The molecule has 110 valence electrons. The van der Waals surface area contributed by atoms with E-state index in [9.17, 15) is 9.90 Å². The molecule has 5 heteroatoms. The second kappa shape index (κ2) is 6.46. The Kier molecular flexibility index (Phi) is 5.10. The molecule has 0 aliphatic heterocycles. The molecule has 1 aliphatic carbocycles. The van der Waals surface area contributed by atoms with E-state index < -0.39 is 5.60 Å². The lowest BCUT2D eigenvalue weighted by Gasteiger charge is -2.34. The Morgan fingerprint density at radius 1 is 1.50 bits per heavy atom. The van der Waals surface area contributed by atoms with Crippen LogP contribution in [0.5, 0.6) is 0 Å². The molecule has 0 spiro atoms. The highest BCUT2D eigenvalue weighted by Gasteiger charge is 2.32. The molecule has 0 atom stereocenters. The molecule has 0 heterocycles. The summed E-state index contributed by atoms with van der Waals surface area (Å²) in [6.45, 7) is 2.50. The van der Waals surface area contributed by atoms with Gasteiger partial charge in [-0.05, 0) is 65.7 Å². The van der Waals surface area contributed by atoms with Crippen molar-refractivity contribution in [3.8, 4) is 0 Å².